The smallest absolute Gasteiger partial charge is 0.228 e. The normalized spacial score (nSPS) is 16.3. The fraction of sp³-hybridized carbons (Fsp3) is 0.667. The van der Waals surface area contributed by atoms with E-state index in [1.807, 2.05) is 10.8 Å². The molecule has 0 saturated heterocycles. The van der Waals surface area contributed by atoms with E-state index in [2.05, 4.69) is 57.2 Å². The van der Waals surface area contributed by atoms with Gasteiger partial charge in [0.1, 0.15) is 11.6 Å². The molecule has 2 aromatic rings. The van der Waals surface area contributed by atoms with E-state index in [9.17, 15) is 13.6 Å². The van der Waals surface area contributed by atoms with Gasteiger partial charge in [-0.3, -0.25) is 4.79 Å². The van der Waals surface area contributed by atoms with Gasteiger partial charge in [0.2, 0.25) is 5.91 Å². The van der Waals surface area contributed by atoms with Crippen molar-refractivity contribution in [3.8, 4) is 0 Å². The fourth-order valence-corrected chi connectivity index (χ4v) is 4.95. The van der Waals surface area contributed by atoms with Crippen LogP contribution in [-0.4, -0.2) is 28.5 Å². The Kier molecular flexibility index (Phi) is 11.9. The van der Waals surface area contributed by atoms with Crippen LogP contribution in [0.5, 0.6) is 0 Å². The van der Waals surface area contributed by atoms with Gasteiger partial charge in [0.15, 0.2) is 5.82 Å². The summed E-state index contributed by atoms with van der Waals surface area (Å²) in [5.41, 5.74) is 1.39. The predicted molar refractivity (Wildman–Crippen MR) is 151 cm³/mol. The number of amides is 1. The van der Waals surface area contributed by atoms with Crippen molar-refractivity contribution in [3.63, 3.8) is 0 Å². The van der Waals surface area contributed by atoms with Crippen LogP contribution in [0.25, 0.3) is 0 Å². The highest BCUT2D eigenvalue weighted by molar-refractivity contribution is 5.91. The largest absolute Gasteiger partial charge is 0.328 e. The lowest BCUT2D eigenvalue weighted by molar-refractivity contribution is -0.120. The van der Waals surface area contributed by atoms with Crippen molar-refractivity contribution in [2.75, 3.05) is 18.4 Å². The van der Waals surface area contributed by atoms with Gasteiger partial charge in [0, 0.05) is 31.3 Å². The van der Waals surface area contributed by atoms with Crippen molar-refractivity contribution in [2.45, 2.75) is 100 Å². The van der Waals surface area contributed by atoms with Gasteiger partial charge in [0.25, 0.3) is 0 Å². The van der Waals surface area contributed by atoms with Crippen LogP contribution < -0.4 is 10.6 Å². The molecule has 0 fully saturated rings. The lowest BCUT2D eigenvalue weighted by Crippen LogP contribution is -2.40. The van der Waals surface area contributed by atoms with Crippen LogP contribution in [-0.2, 0) is 23.2 Å². The molecule has 2 N–H and O–H groups in total. The number of nitrogens with one attached hydrogen (secondary N) is 2. The van der Waals surface area contributed by atoms with Crippen molar-refractivity contribution in [1.29, 1.82) is 0 Å². The molecule has 1 amide bonds. The van der Waals surface area contributed by atoms with E-state index in [4.69, 9.17) is 0 Å². The first-order valence-corrected chi connectivity index (χ1v) is 12.9. The Hall–Kier alpha value is -2.28. The molecule has 0 unspecified atom stereocenters. The average molecular weight is 521 g/mol. The predicted octanol–water partition coefficient (Wildman–Crippen LogP) is 7.35. The highest BCUT2D eigenvalue weighted by Crippen LogP contribution is 2.33. The number of nitrogens with zero attached hydrogens (tertiary/aromatic N) is 2. The monoisotopic (exact) mass is 520 g/mol. The molecule has 1 aromatic heterocycles. The van der Waals surface area contributed by atoms with Gasteiger partial charge in [-0.1, -0.05) is 49.0 Å². The van der Waals surface area contributed by atoms with E-state index in [0.717, 1.165) is 44.0 Å². The second-order valence-corrected chi connectivity index (χ2v) is 12.0. The van der Waals surface area contributed by atoms with Crippen molar-refractivity contribution in [1.82, 2.24) is 14.9 Å². The maximum Gasteiger partial charge on any atom is 0.228 e. The Bertz CT molecular complexity index is 1010. The molecule has 1 aliphatic carbocycles. The highest BCUT2D eigenvalue weighted by Gasteiger charge is 2.28. The van der Waals surface area contributed by atoms with Crippen LogP contribution in [0.2, 0.25) is 0 Å². The van der Waals surface area contributed by atoms with Gasteiger partial charge < -0.3 is 15.2 Å². The van der Waals surface area contributed by atoms with Crippen LogP contribution in [0.3, 0.4) is 0 Å². The molecule has 210 valence electrons. The number of imidazole rings is 1. The third kappa shape index (κ3) is 9.20. The minimum absolute atomic E-state index is 0. The number of aromatic nitrogens is 2. The second-order valence-electron chi connectivity index (χ2n) is 12.0. The molecule has 2 atom stereocenters. The van der Waals surface area contributed by atoms with E-state index in [1.165, 1.54) is 6.07 Å². The molecule has 0 saturated carbocycles. The Balaban J connectivity index is 0.00000342. The second kappa shape index (κ2) is 13.5. The molecular weight excluding hydrogens is 470 g/mol. The van der Waals surface area contributed by atoms with Gasteiger partial charge in [-0.05, 0) is 74.5 Å². The standard InChI is InChI=1S/C28H42F2N4O.2CH4/c1-7-8-21(11-19-9-10-20-13-22(29)14-24(30)23(20)12-19)26(35)33-25-15-34(18-32-25)28(5,6)17-31-16-27(2,3)4;;/h13-15,18-19,21,31H,7-12,16-17H2,1-6H3,(H,33,35);2*1H4/t19-,21-;;/m1../s1. The number of carbonyl (C=O) groups excluding carboxylic acids is 1. The molecule has 1 aliphatic rings. The van der Waals surface area contributed by atoms with Crippen molar-refractivity contribution < 1.29 is 13.6 Å². The summed E-state index contributed by atoms with van der Waals surface area (Å²) in [5, 5.41) is 6.54. The summed E-state index contributed by atoms with van der Waals surface area (Å²) < 4.78 is 29.9. The van der Waals surface area contributed by atoms with Crippen molar-refractivity contribution in [3.05, 3.63) is 47.4 Å². The van der Waals surface area contributed by atoms with E-state index < -0.39 is 11.6 Å². The zero-order chi connectivity index (χ0) is 25.8. The number of halogens is 2. The number of hydrogen-bond donors (Lipinski definition) is 2. The van der Waals surface area contributed by atoms with Gasteiger partial charge in [-0.25, -0.2) is 13.8 Å². The van der Waals surface area contributed by atoms with Crippen LogP contribution in [0.1, 0.15) is 93.2 Å². The van der Waals surface area contributed by atoms with Gasteiger partial charge in [0.05, 0.1) is 11.9 Å². The van der Waals surface area contributed by atoms with Crippen LogP contribution in [0, 0.1) is 28.9 Å². The maximum atomic E-state index is 14.3. The molecule has 1 aromatic carbocycles. The molecule has 0 aliphatic heterocycles. The number of rotatable bonds is 10. The van der Waals surface area contributed by atoms with Crippen molar-refractivity contribution >= 4 is 11.7 Å². The SMILES string of the molecule is C.C.CCC[C@H](C[C@H]1CCc2cc(F)cc(F)c2C1)C(=O)Nc1cn(C(C)(C)CNCC(C)(C)C)cn1. The zero-order valence-electron chi connectivity index (χ0n) is 22.2. The van der Waals surface area contributed by atoms with Gasteiger partial charge in [-0.2, -0.15) is 0 Å². The number of anilines is 1. The Morgan fingerprint density at radius 2 is 1.86 bits per heavy atom. The van der Waals surface area contributed by atoms with Crippen LogP contribution in [0.4, 0.5) is 14.6 Å². The third-order valence-corrected chi connectivity index (χ3v) is 6.94. The van der Waals surface area contributed by atoms with Crippen LogP contribution in [0.15, 0.2) is 24.7 Å². The molecule has 37 heavy (non-hydrogen) atoms. The molecule has 5 nitrogen and oxygen atoms in total. The Labute approximate surface area is 223 Å². The van der Waals surface area contributed by atoms with Gasteiger partial charge in [-0.15, -0.1) is 0 Å². The lowest BCUT2D eigenvalue weighted by atomic mass is 9.78. The summed E-state index contributed by atoms with van der Waals surface area (Å²) in [7, 11) is 0. The average Bonchev–Trinajstić information content (AvgIpc) is 3.22. The highest BCUT2D eigenvalue weighted by atomic mass is 19.1. The minimum atomic E-state index is -0.518. The maximum absolute atomic E-state index is 14.3. The summed E-state index contributed by atoms with van der Waals surface area (Å²) in [6.45, 7) is 14.7. The van der Waals surface area contributed by atoms with Crippen molar-refractivity contribution in [2.24, 2.45) is 17.3 Å². The number of aryl methyl sites for hydroxylation is 1. The van der Waals surface area contributed by atoms with E-state index in [-0.39, 0.29) is 43.6 Å². The Morgan fingerprint density at radius 3 is 2.51 bits per heavy atom. The summed E-state index contributed by atoms with van der Waals surface area (Å²) in [4.78, 5) is 17.6. The molecule has 0 bridgehead atoms. The number of hydrogen-bond acceptors (Lipinski definition) is 3. The quantitative estimate of drug-likeness (QED) is 0.344. The first-order valence-electron chi connectivity index (χ1n) is 12.9. The molecule has 0 spiro atoms. The lowest BCUT2D eigenvalue weighted by Gasteiger charge is -2.29. The molecule has 1 heterocycles. The zero-order valence-corrected chi connectivity index (χ0v) is 22.2. The molecule has 0 radical (unpaired) electrons. The van der Waals surface area contributed by atoms with E-state index in [0.29, 0.717) is 30.6 Å². The molecule has 3 rings (SSSR count). The first kappa shape index (κ1) is 32.7. The minimum Gasteiger partial charge on any atom is -0.328 e. The number of carbonyl (C=O) groups is 1. The number of benzene rings is 1. The summed E-state index contributed by atoms with van der Waals surface area (Å²) in [6, 6.07) is 2.41. The number of fused-ring (bicyclic) bond motifs is 1. The summed E-state index contributed by atoms with van der Waals surface area (Å²) in [5.74, 6) is -0.430. The van der Waals surface area contributed by atoms with Crippen LogP contribution >= 0.6 is 0 Å². The molecular formula is C30H50F2N4O. The molecule has 7 heteroatoms. The summed E-state index contributed by atoms with van der Waals surface area (Å²) in [6.07, 6.45) is 8.05. The van der Waals surface area contributed by atoms with E-state index in [1.54, 1.807) is 6.33 Å². The summed E-state index contributed by atoms with van der Waals surface area (Å²) >= 11 is 0. The topological polar surface area (TPSA) is 59.0 Å². The third-order valence-electron chi connectivity index (χ3n) is 6.94. The van der Waals surface area contributed by atoms with E-state index >= 15 is 0 Å². The fourth-order valence-electron chi connectivity index (χ4n) is 4.95. The van der Waals surface area contributed by atoms with Gasteiger partial charge >= 0.3 is 0 Å². The Morgan fingerprint density at radius 1 is 1.16 bits per heavy atom. The first-order chi connectivity index (χ1) is 16.4.